The predicted molar refractivity (Wildman–Crippen MR) is 23.7 cm³/mol. The second-order valence-electron chi connectivity index (χ2n) is 1.18. The van der Waals surface area contributed by atoms with Gasteiger partial charge in [-0.2, -0.15) is 5.26 Å². The Bertz CT molecular complexity index is 137. The maximum atomic E-state index is 9.93. The molecule has 0 aliphatic heterocycles. The second kappa shape index (κ2) is 3.56. The van der Waals surface area contributed by atoms with Gasteiger partial charge < -0.3 is 0 Å². The molecule has 0 atom stereocenters. The Labute approximate surface area is 76.8 Å². The first-order valence-corrected chi connectivity index (χ1v) is 7.53. The number of nitriles is 1. The molecule has 1 nitrogen and oxygen atoms in total. The summed E-state index contributed by atoms with van der Waals surface area (Å²) in [5, 5.41) is 7.32. The summed E-state index contributed by atoms with van der Waals surface area (Å²) in [5.41, 5.74) is 0. The van der Waals surface area contributed by atoms with Crippen molar-refractivity contribution < 1.29 is 39.3 Å². The Balaban J connectivity index is -0.000000140. The van der Waals surface area contributed by atoms with Crippen molar-refractivity contribution in [2.45, 2.75) is 6.92 Å². The van der Waals surface area contributed by atoms with Crippen molar-refractivity contribution in [3.8, 4) is 6.07 Å². The summed E-state index contributed by atoms with van der Waals surface area (Å²) >= 11 is -11.2. The molecule has 0 saturated carbocycles. The van der Waals surface area contributed by atoms with Gasteiger partial charge in [0.05, 0.1) is 6.07 Å². The van der Waals surface area contributed by atoms with E-state index in [1.54, 1.807) is 6.07 Å². The van der Waals surface area contributed by atoms with E-state index in [1.807, 2.05) is 0 Å². The zero-order valence-corrected chi connectivity index (χ0v) is 9.00. The quantitative estimate of drug-likeness (QED) is 0.465. The van der Waals surface area contributed by atoms with E-state index in [9.17, 15) is 16.9 Å². The molecule has 0 heterocycles. The second-order valence-corrected chi connectivity index (χ2v) is 6.65. The van der Waals surface area contributed by atoms with Crippen molar-refractivity contribution in [1.82, 2.24) is 0 Å². The van der Waals surface area contributed by atoms with Crippen molar-refractivity contribution in [2.24, 2.45) is 0 Å². The third-order valence-electron chi connectivity index (χ3n) is 0. The van der Waals surface area contributed by atoms with Crippen LogP contribution < -0.4 is 0 Å². The Morgan fingerprint density at radius 2 is 1.00 bits per heavy atom. The SMILES string of the molecule is CC#N.[Ag+].[F][Sb-]([F])([F])([F])([F])[F]. The van der Waals surface area contributed by atoms with Gasteiger partial charge in [0, 0.05) is 6.92 Å². The first-order chi connectivity index (χ1) is 3.86. The Hall–Kier alpha value is 0.628. The molecule has 0 unspecified atom stereocenters. The normalized spacial score (nSPS) is 15.5. The summed E-state index contributed by atoms with van der Waals surface area (Å²) in [6.45, 7) is 1.43. The van der Waals surface area contributed by atoms with E-state index in [4.69, 9.17) is 5.26 Å². The van der Waals surface area contributed by atoms with Crippen LogP contribution in [0.3, 0.4) is 0 Å². The molecule has 0 amide bonds. The Morgan fingerprint density at radius 3 is 1.00 bits per heavy atom. The van der Waals surface area contributed by atoms with Gasteiger partial charge in [0.2, 0.25) is 0 Å². The Kier molecular flexibility index (Phi) is 5.72. The molecule has 9 heteroatoms. The minimum atomic E-state index is -11.2. The standard InChI is InChI=1S/C2H3N.Ag.6FH.Sb/c1-2-3;;;;;;;;/h1H3;;6*1H;/q;+1;;;;;;;+5/p-6. The number of hydrogen-bond acceptors (Lipinski definition) is 1. The van der Waals surface area contributed by atoms with Crippen LogP contribution in [-0.2, 0) is 22.4 Å². The molecule has 11 heavy (non-hydrogen) atoms. The van der Waals surface area contributed by atoms with Crippen LogP contribution in [0.15, 0.2) is 0 Å². The van der Waals surface area contributed by atoms with Crippen LogP contribution >= 0.6 is 0 Å². The first kappa shape index (κ1) is 17.6. The molecule has 0 aromatic heterocycles. The molecule has 0 aromatic rings. The van der Waals surface area contributed by atoms with Gasteiger partial charge in [-0.25, -0.2) is 0 Å². The summed E-state index contributed by atoms with van der Waals surface area (Å²) in [4.78, 5) is 0. The van der Waals surface area contributed by atoms with Gasteiger partial charge in [-0.3, -0.25) is 0 Å². The molecular formula is C2H3AgF6NSb. The van der Waals surface area contributed by atoms with E-state index < -0.39 is 19.5 Å². The minimum absolute atomic E-state index is 0. The average Bonchev–Trinajstić information content (AvgIpc) is 1.20. The molecule has 0 fully saturated rings. The van der Waals surface area contributed by atoms with Gasteiger partial charge in [-0.1, -0.05) is 0 Å². The maximum absolute atomic E-state index is 11.2. The van der Waals surface area contributed by atoms with Gasteiger partial charge in [-0.05, 0) is 0 Å². The monoisotopic (exact) mass is 383 g/mol. The third kappa shape index (κ3) is 2000. The van der Waals surface area contributed by atoms with E-state index in [-0.39, 0.29) is 22.4 Å². The van der Waals surface area contributed by atoms with Crippen LogP contribution in [0.25, 0.3) is 0 Å². The van der Waals surface area contributed by atoms with Crippen LogP contribution in [0.4, 0.5) is 16.9 Å². The molecule has 0 aromatic carbocycles. The number of rotatable bonds is 0. The van der Waals surface area contributed by atoms with Gasteiger partial charge in [0.1, 0.15) is 0 Å². The number of nitrogens with zero attached hydrogens (tertiary/aromatic N) is 1. The van der Waals surface area contributed by atoms with Crippen molar-refractivity contribution >= 4 is 19.5 Å². The fraction of sp³-hybridized carbons (Fsp3) is 0.500. The van der Waals surface area contributed by atoms with Crippen LogP contribution in [0.1, 0.15) is 6.92 Å². The van der Waals surface area contributed by atoms with E-state index in [0.29, 0.717) is 0 Å². The van der Waals surface area contributed by atoms with E-state index >= 15 is 0 Å². The molecule has 0 aliphatic carbocycles. The third-order valence-corrected chi connectivity index (χ3v) is 0. The fourth-order valence-electron chi connectivity index (χ4n) is 0. The molecule has 0 radical (unpaired) electrons. The predicted octanol–water partition coefficient (Wildman–Crippen LogP) is 2.67. The molecule has 74 valence electrons. The van der Waals surface area contributed by atoms with Gasteiger partial charge >= 0.3 is 58.7 Å². The molecule has 0 N–H and O–H groups in total. The summed E-state index contributed by atoms with van der Waals surface area (Å²) in [6.07, 6.45) is 0. The van der Waals surface area contributed by atoms with Crippen molar-refractivity contribution in [3.05, 3.63) is 0 Å². The number of hydrogen-bond donors (Lipinski definition) is 0. The van der Waals surface area contributed by atoms with E-state index in [2.05, 4.69) is 0 Å². The average molecular weight is 385 g/mol. The fourth-order valence-corrected chi connectivity index (χ4v) is 0. The van der Waals surface area contributed by atoms with Gasteiger partial charge in [0.15, 0.2) is 0 Å². The van der Waals surface area contributed by atoms with Crippen LogP contribution in [0, 0.1) is 11.3 Å². The summed E-state index contributed by atoms with van der Waals surface area (Å²) < 4.78 is 59.6. The molecule has 0 spiro atoms. The van der Waals surface area contributed by atoms with Crippen LogP contribution in [0.5, 0.6) is 0 Å². The molecule has 0 saturated heterocycles. The van der Waals surface area contributed by atoms with E-state index in [0.717, 1.165) is 0 Å². The Morgan fingerprint density at radius 1 is 1.00 bits per heavy atom. The molecular weight excluding hydrogens is 382 g/mol. The summed E-state index contributed by atoms with van der Waals surface area (Å²) in [7, 11) is 0. The van der Waals surface area contributed by atoms with Crippen LogP contribution in [-0.4, -0.2) is 19.5 Å². The number of halogens is 6. The zero-order valence-electron chi connectivity index (χ0n) is 4.96. The summed E-state index contributed by atoms with van der Waals surface area (Å²) in [6, 6.07) is 1.75. The molecule has 0 aliphatic rings. The van der Waals surface area contributed by atoms with Crippen molar-refractivity contribution in [3.63, 3.8) is 0 Å². The van der Waals surface area contributed by atoms with E-state index in [1.165, 1.54) is 6.92 Å². The topological polar surface area (TPSA) is 23.8 Å². The van der Waals surface area contributed by atoms with Gasteiger partial charge in [0.25, 0.3) is 0 Å². The van der Waals surface area contributed by atoms with Crippen molar-refractivity contribution in [2.75, 3.05) is 0 Å². The first-order valence-electron chi connectivity index (χ1n) is 1.74. The van der Waals surface area contributed by atoms with Gasteiger partial charge in [-0.15, -0.1) is 0 Å². The summed E-state index contributed by atoms with van der Waals surface area (Å²) in [5.74, 6) is 0. The zero-order chi connectivity index (χ0) is 9.12. The molecule has 0 rings (SSSR count). The molecule has 0 bridgehead atoms. The van der Waals surface area contributed by atoms with Crippen molar-refractivity contribution in [1.29, 1.82) is 5.26 Å². The van der Waals surface area contributed by atoms with Crippen LogP contribution in [0.2, 0.25) is 0 Å².